The molecule has 1 heterocycles. The summed E-state index contributed by atoms with van der Waals surface area (Å²) in [5, 5.41) is 7.79. The Balaban J connectivity index is 1.09. The Morgan fingerprint density at radius 2 is 0.864 bits per heavy atom. The first-order valence-electron chi connectivity index (χ1n) is 14.9. The van der Waals surface area contributed by atoms with E-state index in [4.69, 9.17) is 0 Å². The largest absolute Gasteiger partial charge is 0.338 e. The number of nitrogens with zero attached hydrogens (tertiary/aromatic N) is 2. The van der Waals surface area contributed by atoms with E-state index in [1.807, 2.05) is 66.7 Å². The fourth-order valence-corrected chi connectivity index (χ4v) is 6.86. The zero-order chi connectivity index (χ0) is 29.2. The zero-order valence-corrected chi connectivity index (χ0v) is 23.8. The van der Waals surface area contributed by atoms with Crippen LogP contribution in [0.1, 0.15) is 0 Å². The minimum absolute atomic E-state index is 0.0807. The van der Waals surface area contributed by atoms with Gasteiger partial charge in [0.1, 0.15) is 0 Å². The van der Waals surface area contributed by atoms with Crippen molar-refractivity contribution in [1.29, 1.82) is 0 Å². The van der Waals surface area contributed by atoms with Crippen molar-refractivity contribution in [2.75, 3.05) is 0 Å². The summed E-state index contributed by atoms with van der Waals surface area (Å²) in [5.74, 6) is 0. The molecule has 0 fully saturated rings. The van der Waals surface area contributed by atoms with Gasteiger partial charge in [0.25, 0.3) is 0 Å². The summed E-state index contributed by atoms with van der Waals surface area (Å²) in [6.07, 6.45) is 0. The number of hydrogen-bond acceptors (Lipinski definition) is 1. The van der Waals surface area contributed by atoms with Crippen LogP contribution in [0.25, 0.3) is 77.0 Å². The van der Waals surface area contributed by atoms with Gasteiger partial charge in [0.05, 0.1) is 22.4 Å². The van der Waals surface area contributed by atoms with Gasteiger partial charge in [-0.25, -0.2) is 4.79 Å². The maximum Gasteiger partial charge on any atom is 0.338 e. The van der Waals surface area contributed by atoms with E-state index in [1.54, 1.807) is 9.13 Å². The molecular formula is C41H26N2O. The number of fused-ring (bicyclic) bond motifs is 1. The lowest BCUT2D eigenvalue weighted by Crippen LogP contribution is -2.21. The lowest BCUT2D eigenvalue weighted by molar-refractivity contribution is 0.931. The lowest BCUT2D eigenvalue weighted by Gasteiger charge is -2.14. The molecule has 0 aliphatic rings. The van der Waals surface area contributed by atoms with E-state index in [9.17, 15) is 4.79 Å². The molecule has 206 valence electrons. The van der Waals surface area contributed by atoms with Gasteiger partial charge in [-0.2, -0.15) is 0 Å². The van der Waals surface area contributed by atoms with Crippen molar-refractivity contribution in [3.63, 3.8) is 0 Å². The topological polar surface area (TPSA) is 26.9 Å². The van der Waals surface area contributed by atoms with Gasteiger partial charge in [0.2, 0.25) is 0 Å². The first-order chi connectivity index (χ1) is 21.7. The van der Waals surface area contributed by atoms with Gasteiger partial charge in [-0.3, -0.25) is 9.13 Å². The molecule has 3 nitrogen and oxygen atoms in total. The molecule has 0 atom stereocenters. The Morgan fingerprint density at radius 1 is 0.364 bits per heavy atom. The smallest absolute Gasteiger partial charge is 0.260 e. The molecule has 0 N–H and O–H groups in total. The predicted molar refractivity (Wildman–Crippen MR) is 183 cm³/mol. The first-order valence-corrected chi connectivity index (χ1v) is 14.9. The predicted octanol–water partition coefficient (Wildman–Crippen LogP) is 10.0. The molecule has 0 saturated heterocycles. The molecule has 0 aliphatic heterocycles. The van der Waals surface area contributed by atoms with Gasteiger partial charge in [0.15, 0.2) is 0 Å². The number of para-hydroxylation sites is 3. The SMILES string of the molecule is O=c1n(-c2ccccc2)c2ccccc2n1-c1ccc(-c2ccc(-c3ccc4ccc5cccc6ccc3c4c56)cc2)cc1. The normalized spacial score (nSPS) is 11.7. The van der Waals surface area contributed by atoms with Crippen LogP contribution in [0.2, 0.25) is 0 Å². The Bertz CT molecular complexity index is 2520. The molecule has 0 bridgehead atoms. The van der Waals surface area contributed by atoms with Crippen LogP contribution in [0.5, 0.6) is 0 Å². The second kappa shape index (κ2) is 9.55. The van der Waals surface area contributed by atoms with Crippen LogP contribution in [-0.4, -0.2) is 9.13 Å². The Kier molecular flexibility index (Phi) is 5.35. The summed E-state index contributed by atoms with van der Waals surface area (Å²) in [6.45, 7) is 0. The maximum absolute atomic E-state index is 13.7. The molecule has 0 aliphatic carbocycles. The number of imidazole rings is 1. The average Bonchev–Trinajstić information content (AvgIpc) is 3.39. The highest BCUT2D eigenvalue weighted by atomic mass is 16.1. The summed E-state index contributed by atoms with van der Waals surface area (Å²) in [6, 6.07) is 54.8. The van der Waals surface area contributed by atoms with Crippen LogP contribution >= 0.6 is 0 Å². The van der Waals surface area contributed by atoms with Gasteiger partial charge < -0.3 is 0 Å². The highest BCUT2D eigenvalue weighted by Crippen LogP contribution is 2.39. The lowest BCUT2D eigenvalue weighted by atomic mass is 9.89. The third-order valence-corrected chi connectivity index (χ3v) is 8.94. The van der Waals surface area contributed by atoms with E-state index in [2.05, 4.69) is 91.0 Å². The molecule has 3 heteroatoms. The molecule has 0 spiro atoms. The number of hydrogen-bond donors (Lipinski definition) is 0. The van der Waals surface area contributed by atoms with E-state index >= 15 is 0 Å². The van der Waals surface area contributed by atoms with Crippen molar-refractivity contribution in [3.05, 3.63) is 168 Å². The number of aromatic nitrogens is 2. The van der Waals surface area contributed by atoms with Gasteiger partial charge in [-0.15, -0.1) is 0 Å². The molecule has 9 aromatic rings. The molecule has 8 aromatic carbocycles. The fourth-order valence-electron chi connectivity index (χ4n) is 6.86. The second-order valence-electron chi connectivity index (χ2n) is 11.4. The highest BCUT2D eigenvalue weighted by molar-refractivity contribution is 6.25. The van der Waals surface area contributed by atoms with E-state index in [-0.39, 0.29) is 5.69 Å². The Hall–Kier alpha value is -5.93. The minimum Gasteiger partial charge on any atom is -0.260 e. The molecule has 0 unspecified atom stereocenters. The van der Waals surface area contributed by atoms with Crippen LogP contribution in [0.15, 0.2) is 163 Å². The van der Waals surface area contributed by atoms with Crippen molar-refractivity contribution in [1.82, 2.24) is 9.13 Å². The Morgan fingerprint density at radius 3 is 1.52 bits per heavy atom. The summed E-state index contributed by atoms with van der Waals surface area (Å²) in [4.78, 5) is 13.7. The van der Waals surface area contributed by atoms with Gasteiger partial charge >= 0.3 is 5.69 Å². The van der Waals surface area contributed by atoms with Gasteiger partial charge in [0, 0.05) is 0 Å². The fraction of sp³-hybridized carbons (Fsp3) is 0. The van der Waals surface area contributed by atoms with Crippen molar-refractivity contribution in [2.24, 2.45) is 0 Å². The van der Waals surface area contributed by atoms with Gasteiger partial charge in [-0.1, -0.05) is 121 Å². The van der Waals surface area contributed by atoms with E-state index in [0.717, 1.165) is 33.5 Å². The molecule has 0 amide bonds. The van der Waals surface area contributed by atoms with Crippen molar-refractivity contribution in [3.8, 4) is 33.6 Å². The summed E-state index contributed by atoms with van der Waals surface area (Å²) >= 11 is 0. The molecular weight excluding hydrogens is 536 g/mol. The van der Waals surface area contributed by atoms with Crippen LogP contribution in [0.4, 0.5) is 0 Å². The second-order valence-corrected chi connectivity index (χ2v) is 11.4. The standard InChI is InChI=1S/C41H26N2O/c44-41-42(33-9-2-1-3-10-33)37-11-4-5-12-38(37)43(41)34-23-19-28(20-24-34)27-13-15-29(16-14-27)35-25-21-32-18-17-30-7-6-8-31-22-26-36(35)40(32)39(30)31/h1-26H. The monoisotopic (exact) mass is 562 g/mol. The molecule has 9 rings (SSSR count). The van der Waals surface area contributed by atoms with E-state index in [1.165, 1.54) is 43.4 Å². The van der Waals surface area contributed by atoms with Crippen molar-refractivity contribution < 1.29 is 0 Å². The maximum atomic E-state index is 13.7. The third kappa shape index (κ3) is 3.66. The van der Waals surface area contributed by atoms with Crippen LogP contribution in [0.3, 0.4) is 0 Å². The summed E-state index contributed by atoms with van der Waals surface area (Å²) < 4.78 is 3.57. The molecule has 1 aromatic heterocycles. The van der Waals surface area contributed by atoms with Gasteiger partial charge in [-0.05, 0) is 91.0 Å². The quantitative estimate of drug-likeness (QED) is 0.196. The molecule has 0 radical (unpaired) electrons. The number of rotatable bonds is 4. The summed E-state index contributed by atoms with van der Waals surface area (Å²) in [5.41, 5.74) is 8.07. The summed E-state index contributed by atoms with van der Waals surface area (Å²) in [7, 11) is 0. The number of benzene rings is 8. The third-order valence-electron chi connectivity index (χ3n) is 8.94. The highest BCUT2D eigenvalue weighted by Gasteiger charge is 2.16. The van der Waals surface area contributed by atoms with E-state index < -0.39 is 0 Å². The first kappa shape index (κ1) is 24.6. The van der Waals surface area contributed by atoms with Crippen molar-refractivity contribution >= 4 is 43.4 Å². The molecule has 44 heavy (non-hydrogen) atoms. The van der Waals surface area contributed by atoms with Crippen LogP contribution < -0.4 is 5.69 Å². The average molecular weight is 563 g/mol. The van der Waals surface area contributed by atoms with Crippen LogP contribution in [-0.2, 0) is 0 Å². The zero-order valence-electron chi connectivity index (χ0n) is 23.8. The van der Waals surface area contributed by atoms with E-state index in [0.29, 0.717) is 0 Å². The van der Waals surface area contributed by atoms with Crippen molar-refractivity contribution in [2.45, 2.75) is 0 Å². The minimum atomic E-state index is -0.0807. The molecule has 0 saturated carbocycles. The Labute approximate surface area is 253 Å². The van der Waals surface area contributed by atoms with Crippen LogP contribution in [0, 0.1) is 0 Å².